The number of hydrogen-bond donors (Lipinski definition) is 9. The summed E-state index contributed by atoms with van der Waals surface area (Å²) in [5.74, 6) is -2.26. The molecule has 9 N–H and O–H groups in total. The summed E-state index contributed by atoms with van der Waals surface area (Å²) >= 11 is 0. The monoisotopic (exact) mass is 876 g/mol. The molecule has 350 valence electrons. The molecule has 4 rings (SSSR count). The molecule has 60 heavy (non-hydrogen) atoms. The van der Waals surface area contributed by atoms with Crippen LogP contribution in [0.4, 0.5) is 0 Å². The third kappa shape index (κ3) is 12.2. The molecule has 0 bridgehead atoms. The van der Waals surface area contributed by atoms with E-state index in [2.05, 4.69) is 4.74 Å². The van der Waals surface area contributed by atoms with Crippen LogP contribution in [0.1, 0.15) is 52.9 Å². The van der Waals surface area contributed by atoms with Crippen LogP contribution in [0.15, 0.2) is 0 Å². The lowest BCUT2D eigenvalue weighted by atomic mass is 9.95. The van der Waals surface area contributed by atoms with Gasteiger partial charge in [0.05, 0.1) is 27.4 Å². The minimum absolute atomic E-state index is 0.164. The summed E-state index contributed by atoms with van der Waals surface area (Å²) in [5.41, 5.74) is 0. The summed E-state index contributed by atoms with van der Waals surface area (Å²) < 4.78 is 67.1. The zero-order valence-electron chi connectivity index (χ0n) is 34.4. The molecule has 4 saturated heterocycles. The summed E-state index contributed by atoms with van der Waals surface area (Å²) in [7, 11) is 2.00. The van der Waals surface area contributed by atoms with Crippen molar-refractivity contribution in [2.45, 2.75) is 176 Å². The number of carbonyl (C=O) groups is 2. The molecule has 0 saturated carbocycles. The highest BCUT2D eigenvalue weighted by Gasteiger charge is 2.57. The van der Waals surface area contributed by atoms with Crippen molar-refractivity contribution in [1.29, 1.82) is 0 Å². The van der Waals surface area contributed by atoms with Crippen molar-refractivity contribution in [3.05, 3.63) is 0 Å². The van der Waals surface area contributed by atoms with Gasteiger partial charge in [-0.25, -0.2) is 9.59 Å². The zero-order chi connectivity index (χ0) is 44.3. The van der Waals surface area contributed by atoms with Gasteiger partial charge in [-0.2, -0.15) is 0 Å². The highest BCUT2D eigenvalue weighted by atomic mass is 16.8. The molecule has 0 aliphatic carbocycles. The molecule has 23 nitrogen and oxygen atoms in total. The fraction of sp³-hybridized carbons (Fsp3) is 0.946. The Balaban J connectivity index is 1.59. The van der Waals surface area contributed by atoms with Crippen LogP contribution in [-0.4, -0.2) is 228 Å². The molecule has 20 unspecified atom stereocenters. The molecule has 4 heterocycles. The van der Waals surface area contributed by atoms with Gasteiger partial charge in [0.1, 0.15) is 85.5 Å². The fourth-order valence-electron chi connectivity index (χ4n) is 6.95. The number of carbonyl (C=O) groups excluding carboxylic acids is 2. The normalized spacial score (nSPS) is 42.4. The van der Waals surface area contributed by atoms with Crippen LogP contribution in [0.5, 0.6) is 0 Å². The van der Waals surface area contributed by atoms with Crippen LogP contribution in [0.25, 0.3) is 0 Å². The van der Waals surface area contributed by atoms with Gasteiger partial charge in [-0.3, -0.25) is 0 Å². The van der Waals surface area contributed by atoms with Gasteiger partial charge < -0.3 is 103 Å². The largest absolute Gasteiger partial charge is 0.467 e. The number of ether oxygens (including phenoxy) is 12. The van der Waals surface area contributed by atoms with E-state index in [-0.39, 0.29) is 26.4 Å². The van der Waals surface area contributed by atoms with Crippen molar-refractivity contribution in [1.82, 2.24) is 0 Å². The van der Waals surface area contributed by atoms with Crippen molar-refractivity contribution in [3.63, 3.8) is 0 Å². The highest BCUT2D eigenvalue weighted by Crippen LogP contribution is 2.35. The smallest absolute Gasteiger partial charge is 0.337 e. The Hall–Kier alpha value is -1.82. The summed E-state index contributed by atoms with van der Waals surface area (Å²) in [6.45, 7) is 5.88. The Kier molecular flexibility index (Phi) is 20.6. The molecule has 4 fully saturated rings. The quantitative estimate of drug-likeness (QED) is 0.0389. The van der Waals surface area contributed by atoms with Gasteiger partial charge in [0, 0.05) is 19.8 Å². The van der Waals surface area contributed by atoms with E-state index in [0.29, 0.717) is 25.9 Å². The maximum absolute atomic E-state index is 12.9. The number of aliphatic hydroxyl groups is 9. The average Bonchev–Trinajstić information content (AvgIpc) is 3.24. The molecule has 23 heteroatoms. The fourth-order valence-corrected chi connectivity index (χ4v) is 6.95. The molecule has 0 aromatic rings. The lowest BCUT2D eigenvalue weighted by Crippen LogP contribution is -2.68. The van der Waals surface area contributed by atoms with Gasteiger partial charge in [-0.15, -0.1) is 0 Å². The molecule has 20 atom stereocenters. The first-order valence-electron chi connectivity index (χ1n) is 20.3. The minimum Gasteiger partial charge on any atom is -0.467 e. The van der Waals surface area contributed by atoms with E-state index < -0.39 is 135 Å². The first-order valence-corrected chi connectivity index (χ1v) is 20.3. The molecule has 0 amide bonds. The van der Waals surface area contributed by atoms with Gasteiger partial charge >= 0.3 is 11.9 Å². The third-order valence-corrected chi connectivity index (χ3v) is 10.5. The number of aliphatic hydroxyl groups excluding tert-OH is 9. The van der Waals surface area contributed by atoms with Gasteiger partial charge in [0.2, 0.25) is 0 Å². The maximum Gasteiger partial charge on any atom is 0.337 e. The third-order valence-electron chi connectivity index (χ3n) is 10.5. The molecule has 0 radical (unpaired) electrons. The molecule has 0 aromatic carbocycles. The van der Waals surface area contributed by atoms with Gasteiger partial charge in [0.25, 0.3) is 0 Å². The molecule has 4 aliphatic heterocycles. The zero-order valence-corrected chi connectivity index (χ0v) is 34.4. The lowest BCUT2D eigenvalue weighted by Gasteiger charge is -2.49. The maximum atomic E-state index is 12.9. The number of unbranched alkanes of at least 4 members (excludes halogenated alkanes) is 2. The molecule has 0 spiro atoms. The minimum atomic E-state index is -2.08. The Morgan fingerprint density at radius 2 is 0.867 bits per heavy atom. The second-order valence-electron chi connectivity index (χ2n) is 14.9. The predicted molar refractivity (Wildman–Crippen MR) is 195 cm³/mol. The second-order valence-corrected chi connectivity index (χ2v) is 14.9. The number of esters is 2. The van der Waals surface area contributed by atoms with E-state index in [1.54, 1.807) is 0 Å². The second kappa shape index (κ2) is 24.3. The van der Waals surface area contributed by atoms with Crippen molar-refractivity contribution < 1.29 is 112 Å². The molecule has 4 aliphatic rings. The SMILES string of the molecule is CCCCOCC1OC(OC2C(O)C(OC3C(COCCCC)OC(OCCC)C(O)C3O)OC(C(=O)OC)C2O)C(O)C(O)C1OC1OC(C(=O)OC)C(O)C(O)C1O. The van der Waals surface area contributed by atoms with E-state index in [0.717, 1.165) is 27.1 Å². The first-order chi connectivity index (χ1) is 28.6. The molecular weight excluding hydrogens is 812 g/mol. The average molecular weight is 877 g/mol. The van der Waals surface area contributed by atoms with Gasteiger partial charge in [0.15, 0.2) is 37.4 Å². The standard InChI is InChI=1S/C37H64O23/c1-6-9-12-51-14-16-27(20(40)23(43)34(54-16)53-11-8-3)57-37-26(46)29(25(45)31(60-37)33(48)50-5)58-35-24(44)21(41)28(17(55-35)15-52-13-10-7-2)56-36-22(42)18(38)19(39)30(59-36)32(47)49-4/h16-31,34-46H,6-15H2,1-5H3. The van der Waals surface area contributed by atoms with Crippen LogP contribution in [-0.2, 0) is 66.4 Å². The van der Waals surface area contributed by atoms with Crippen molar-refractivity contribution in [2.24, 2.45) is 0 Å². The van der Waals surface area contributed by atoms with Crippen LogP contribution >= 0.6 is 0 Å². The number of hydrogen-bond acceptors (Lipinski definition) is 23. The lowest BCUT2D eigenvalue weighted by molar-refractivity contribution is -0.386. The Bertz CT molecular complexity index is 1280. The van der Waals surface area contributed by atoms with E-state index in [1.165, 1.54) is 0 Å². The summed E-state index contributed by atoms with van der Waals surface area (Å²) in [6.07, 6.45) is -32.3. The van der Waals surface area contributed by atoms with Gasteiger partial charge in [-0.1, -0.05) is 33.6 Å². The summed E-state index contributed by atoms with van der Waals surface area (Å²) in [5, 5.41) is 99.4. The summed E-state index contributed by atoms with van der Waals surface area (Å²) in [4.78, 5) is 25.2. The topological polar surface area (TPSA) is 327 Å². The van der Waals surface area contributed by atoms with Crippen LogP contribution < -0.4 is 0 Å². The van der Waals surface area contributed by atoms with Gasteiger partial charge in [-0.05, 0) is 19.3 Å². The van der Waals surface area contributed by atoms with Crippen LogP contribution in [0.3, 0.4) is 0 Å². The van der Waals surface area contributed by atoms with Crippen LogP contribution in [0, 0.1) is 0 Å². The number of rotatable bonds is 21. The number of methoxy groups -OCH3 is 2. The first kappa shape index (κ1) is 50.8. The summed E-state index contributed by atoms with van der Waals surface area (Å²) in [6, 6.07) is 0. The van der Waals surface area contributed by atoms with E-state index in [4.69, 9.17) is 52.1 Å². The Morgan fingerprint density at radius 1 is 0.450 bits per heavy atom. The van der Waals surface area contributed by atoms with E-state index in [1.807, 2.05) is 20.8 Å². The van der Waals surface area contributed by atoms with Crippen molar-refractivity contribution >= 4 is 11.9 Å². The predicted octanol–water partition coefficient (Wildman–Crippen LogP) is -4.30. The van der Waals surface area contributed by atoms with Crippen molar-refractivity contribution in [3.8, 4) is 0 Å². The van der Waals surface area contributed by atoms with Crippen molar-refractivity contribution in [2.75, 3.05) is 47.3 Å². The van der Waals surface area contributed by atoms with Crippen LogP contribution in [0.2, 0.25) is 0 Å². The Morgan fingerprint density at radius 3 is 1.35 bits per heavy atom. The Labute approximate surface area is 347 Å². The van der Waals surface area contributed by atoms with E-state index in [9.17, 15) is 55.5 Å². The van der Waals surface area contributed by atoms with E-state index >= 15 is 0 Å². The molecule has 0 aromatic heterocycles. The highest BCUT2D eigenvalue weighted by molar-refractivity contribution is 5.76. The molecular formula is C37H64O23.